The Morgan fingerprint density at radius 1 is 0.565 bits per heavy atom. The first-order valence-electron chi connectivity index (χ1n) is 23.2. The van der Waals surface area contributed by atoms with E-state index < -0.39 is 95.5 Å². The first-order chi connectivity index (χ1) is 32.6. The van der Waals surface area contributed by atoms with Gasteiger partial charge >= 0.3 is 0 Å². The van der Waals surface area contributed by atoms with E-state index in [2.05, 4.69) is 36.9 Å². The quantitative estimate of drug-likeness (QED) is 0.0226. The second-order valence-corrected chi connectivity index (χ2v) is 18.0. The SMILES string of the molecule is C[C@H](NC(=O)[C@@H](N)CC(N)=O)C(=O)N[C@@H](CCCN=C(N)N)C(=O)N[C@@H](CCCCN)C(=O)N[C@@H](Cc1ccccc1)C(=O)N[C@@H](Cc1ccc(O)cc1)C(=O)N[C@@H](CCCCN)C(=O)C(C)(C)C. The van der Waals surface area contributed by atoms with Gasteiger partial charge in [-0.1, -0.05) is 63.2 Å². The molecule has 7 atom stereocenters. The van der Waals surface area contributed by atoms with Gasteiger partial charge in [-0.25, -0.2) is 0 Å². The van der Waals surface area contributed by atoms with E-state index in [-0.39, 0.29) is 62.7 Å². The first kappa shape index (κ1) is 58.5. The number of benzene rings is 2. The maximum absolute atomic E-state index is 14.5. The van der Waals surface area contributed by atoms with Gasteiger partial charge < -0.3 is 71.4 Å². The number of hydrogen-bond acceptors (Lipinski definition) is 13. The number of nitrogens with one attached hydrogen (secondary N) is 6. The molecular formula is C47H75N13O9. The Balaban J connectivity index is 2.52. The van der Waals surface area contributed by atoms with Gasteiger partial charge in [0.05, 0.1) is 18.5 Å². The molecular weight excluding hydrogens is 891 g/mol. The molecule has 0 spiro atoms. The van der Waals surface area contributed by atoms with Crippen molar-refractivity contribution in [3.8, 4) is 5.75 Å². The summed E-state index contributed by atoms with van der Waals surface area (Å²) in [4.78, 5) is 112. The van der Waals surface area contributed by atoms with Gasteiger partial charge in [0.2, 0.25) is 41.4 Å². The van der Waals surface area contributed by atoms with Crippen LogP contribution in [0.25, 0.3) is 0 Å². The Hall–Kier alpha value is -6.65. The minimum atomic E-state index is -1.33. The number of carbonyl (C=O) groups excluding carboxylic acids is 8. The van der Waals surface area contributed by atoms with Crippen LogP contribution in [0.15, 0.2) is 59.6 Å². The van der Waals surface area contributed by atoms with E-state index in [1.807, 2.05) is 0 Å². The van der Waals surface area contributed by atoms with Crippen molar-refractivity contribution in [2.45, 2.75) is 141 Å². The average molecular weight is 966 g/mol. The molecule has 0 aliphatic carbocycles. The highest BCUT2D eigenvalue weighted by atomic mass is 16.3. The highest BCUT2D eigenvalue weighted by molar-refractivity contribution is 5.98. The standard InChI is InChI=1S/C47H75N13O9/c1-28(55-41(65)32(50)27-38(51)62)40(64)57-35(17-12-24-54-46(52)53)42(66)58-34(16-9-11-23-49)43(67)59-36(25-29-13-6-5-7-14-29)45(69)60-37(26-30-18-20-31(61)21-19-30)44(68)56-33(15-8-10-22-48)39(63)47(2,3)4/h5-7,13-14,18-21,28,32-37,61H,8-12,15-17,22-27,48-50H2,1-4H3,(H2,51,62)(H,55,65)(H,56,68)(H,57,64)(H,58,66)(H,59,67)(H,60,69)(H4,52,53,54)/t28-,32-,33-,34-,35-,36-,37-/m0/s1. The predicted octanol–water partition coefficient (Wildman–Crippen LogP) is -1.76. The summed E-state index contributed by atoms with van der Waals surface area (Å²) in [7, 11) is 0. The number of unbranched alkanes of at least 4 members (excludes halogenated alkanes) is 2. The van der Waals surface area contributed by atoms with E-state index in [9.17, 15) is 43.5 Å². The van der Waals surface area contributed by atoms with Crippen LogP contribution in [0.1, 0.15) is 96.6 Å². The van der Waals surface area contributed by atoms with Crippen LogP contribution in [0.5, 0.6) is 5.75 Å². The molecule has 0 aromatic heterocycles. The minimum Gasteiger partial charge on any atom is -0.508 e. The number of aromatic hydroxyl groups is 1. The molecule has 0 aliphatic rings. The molecule has 2 rings (SSSR count). The summed E-state index contributed by atoms with van der Waals surface area (Å²) in [6.45, 7) is 7.34. The molecule has 69 heavy (non-hydrogen) atoms. The maximum Gasteiger partial charge on any atom is 0.243 e. The van der Waals surface area contributed by atoms with Gasteiger partial charge in [0.15, 0.2) is 11.7 Å². The van der Waals surface area contributed by atoms with Crippen molar-refractivity contribution in [2.24, 2.45) is 44.8 Å². The fourth-order valence-electron chi connectivity index (χ4n) is 7.04. The van der Waals surface area contributed by atoms with Gasteiger partial charge in [-0.3, -0.25) is 43.3 Å². The van der Waals surface area contributed by atoms with Crippen LogP contribution in [-0.2, 0) is 51.2 Å². The lowest BCUT2D eigenvalue weighted by atomic mass is 9.84. The van der Waals surface area contributed by atoms with Crippen molar-refractivity contribution in [1.29, 1.82) is 0 Å². The molecule has 0 unspecified atom stereocenters. The highest BCUT2D eigenvalue weighted by Gasteiger charge is 2.35. The fraction of sp³-hybridized carbons (Fsp3) is 0.553. The van der Waals surface area contributed by atoms with Crippen molar-refractivity contribution in [1.82, 2.24) is 31.9 Å². The number of nitrogens with two attached hydrogens (primary N) is 6. The van der Waals surface area contributed by atoms with Crippen LogP contribution < -0.4 is 66.3 Å². The number of carbonyl (C=O) groups is 8. The zero-order valence-corrected chi connectivity index (χ0v) is 40.3. The second kappa shape index (κ2) is 30.0. The first-order valence-corrected chi connectivity index (χ1v) is 23.2. The molecule has 382 valence electrons. The molecule has 22 nitrogen and oxygen atoms in total. The number of hydrogen-bond donors (Lipinski definition) is 13. The number of Topliss-reactive ketones (excluding diaryl/α,β-unsaturated/α-hetero) is 1. The number of guanidine groups is 1. The van der Waals surface area contributed by atoms with Gasteiger partial charge in [-0.15, -0.1) is 0 Å². The number of nitrogens with zero attached hydrogens (tertiary/aromatic N) is 1. The molecule has 0 bridgehead atoms. The smallest absolute Gasteiger partial charge is 0.243 e. The van der Waals surface area contributed by atoms with Gasteiger partial charge in [-0.05, 0) is 94.6 Å². The highest BCUT2D eigenvalue weighted by Crippen LogP contribution is 2.20. The number of phenols is 1. The number of amides is 7. The largest absolute Gasteiger partial charge is 0.508 e. The molecule has 0 saturated carbocycles. The normalized spacial score (nSPS) is 14.2. The lowest BCUT2D eigenvalue weighted by Crippen LogP contribution is -2.60. The number of aliphatic imine (C=N–C) groups is 1. The molecule has 22 heteroatoms. The topological polar surface area (TPSA) is 397 Å². The summed E-state index contributed by atoms with van der Waals surface area (Å²) >= 11 is 0. The number of rotatable bonds is 31. The lowest BCUT2D eigenvalue weighted by Gasteiger charge is -2.29. The van der Waals surface area contributed by atoms with E-state index in [4.69, 9.17) is 34.4 Å². The zero-order valence-electron chi connectivity index (χ0n) is 40.3. The third kappa shape index (κ3) is 22.3. The minimum absolute atomic E-state index is 0.0140. The van der Waals surface area contributed by atoms with Gasteiger partial charge in [-0.2, -0.15) is 0 Å². The van der Waals surface area contributed by atoms with E-state index in [1.165, 1.54) is 19.1 Å². The molecule has 0 radical (unpaired) electrons. The molecule has 0 heterocycles. The summed E-state index contributed by atoms with van der Waals surface area (Å²) in [6.07, 6.45) is 2.00. The third-order valence-electron chi connectivity index (χ3n) is 10.9. The predicted molar refractivity (Wildman–Crippen MR) is 261 cm³/mol. The maximum atomic E-state index is 14.5. The third-order valence-corrected chi connectivity index (χ3v) is 10.9. The summed E-state index contributed by atoms with van der Waals surface area (Å²) in [6, 6.07) is 6.25. The van der Waals surface area contributed by atoms with Crippen LogP contribution in [0.3, 0.4) is 0 Å². The van der Waals surface area contributed by atoms with Crippen molar-refractivity contribution in [3.63, 3.8) is 0 Å². The van der Waals surface area contributed by atoms with Gasteiger partial charge in [0.1, 0.15) is 36.0 Å². The van der Waals surface area contributed by atoms with E-state index in [0.717, 1.165) is 0 Å². The van der Waals surface area contributed by atoms with Crippen LogP contribution in [0.4, 0.5) is 0 Å². The van der Waals surface area contributed by atoms with Gasteiger partial charge in [0.25, 0.3) is 0 Å². The number of ketones is 1. The van der Waals surface area contributed by atoms with Crippen LogP contribution in [0.2, 0.25) is 0 Å². The summed E-state index contributed by atoms with van der Waals surface area (Å²) in [5.41, 5.74) is 33.7. The molecule has 19 N–H and O–H groups in total. The number of phenolic OH excluding ortho intramolecular Hbond substituents is 1. The van der Waals surface area contributed by atoms with E-state index in [0.29, 0.717) is 49.8 Å². The van der Waals surface area contributed by atoms with Gasteiger partial charge in [0, 0.05) is 24.8 Å². The Kier molecular flexibility index (Phi) is 25.4. The second-order valence-electron chi connectivity index (χ2n) is 18.0. The fourth-order valence-corrected chi connectivity index (χ4v) is 7.04. The molecule has 0 fully saturated rings. The van der Waals surface area contributed by atoms with Crippen molar-refractivity contribution in [3.05, 3.63) is 65.7 Å². The molecule has 7 amide bonds. The summed E-state index contributed by atoms with van der Waals surface area (Å²) in [5.74, 6) is -5.83. The Morgan fingerprint density at radius 2 is 1.00 bits per heavy atom. The monoisotopic (exact) mass is 966 g/mol. The summed E-state index contributed by atoms with van der Waals surface area (Å²) < 4.78 is 0. The lowest BCUT2D eigenvalue weighted by molar-refractivity contribution is -0.136. The summed E-state index contributed by atoms with van der Waals surface area (Å²) in [5, 5.41) is 26.1. The molecule has 2 aromatic rings. The molecule has 0 saturated heterocycles. The van der Waals surface area contributed by atoms with Crippen LogP contribution in [-0.4, -0.2) is 120 Å². The van der Waals surface area contributed by atoms with Crippen molar-refractivity contribution >= 4 is 53.1 Å². The van der Waals surface area contributed by atoms with Crippen LogP contribution >= 0.6 is 0 Å². The van der Waals surface area contributed by atoms with Crippen molar-refractivity contribution in [2.75, 3.05) is 19.6 Å². The van der Waals surface area contributed by atoms with Crippen LogP contribution in [0, 0.1) is 5.41 Å². The number of primary amides is 1. The average Bonchev–Trinajstić information content (AvgIpc) is 3.28. The Morgan fingerprint density at radius 3 is 1.48 bits per heavy atom. The van der Waals surface area contributed by atoms with Crippen molar-refractivity contribution < 1.29 is 43.5 Å². The Bertz CT molecular complexity index is 2030. The molecule has 2 aromatic carbocycles. The molecule has 0 aliphatic heterocycles. The van der Waals surface area contributed by atoms with E-state index in [1.54, 1.807) is 63.2 Å². The van der Waals surface area contributed by atoms with E-state index >= 15 is 0 Å². The Labute approximate surface area is 404 Å². The zero-order chi connectivity index (χ0) is 51.7.